The van der Waals surface area contributed by atoms with Gasteiger partial charge in [0.05, 0.1) is 11.9 Å². The van der Waals surface area contributed by atoms with Gasteiger partial charge in [-0.15, -0.1) is 0 Å². The van der Waals surface area contributed by atoms with E-state index < -0.39 is 0 Å². The summed E-state index contributed by atoms with van der Waals surface area (Å²) in [4.78, 5) is 7.78. The van der Waals surface area contributed by atoms with E-state index >= 15 is 0 Å². The maximum Gasteiger partial charge on any atom is 0.142 e. The second kappa shape index (κ2) is 3.72. The molecular weight excluding hydrogens is 203 g/mol. The van der Waals surface area contributed by atoms with Crippen molar-refractivity contribution in [2.45, 2.75) is 0 Å². The molecule has 0 aromatic carbocycles. The smallest absolute Gasteiger partial charge is 0.142 e. The monoisotopic (exact) mass is 208 g/mol. The number of rotatable bonds is 1. The molecule has 70 valence electrons. The minimum atomic E-state index is -0.385. The summed E-state index contributed by atoms with van der Waals surface area (Å²) in [7, 11) is 0. The van der Waals surface area contributed by atoms with Crippen molar-refractivity contribution in [2.75, 3.05) is 0 Å². The summed E-state index contributed by atoms with van der Waals surface area (Å²) >= 11 is 5.71. The molecule has 0 amide bonds. The van der Waals surface area contributed by atoms with Crippen molar-refractivity contribution in [1.82, 2.24) is 9.97 Å². The molecule has 0 saturated carbocycles. The van der Waals surface area contributed by atoms with Crippen LogP contribution in [0.4, 0.5) is 4.39 Å². The molecule has 0 saturated heterocycles. The number of halogens is 2. The van der Waals surface area contributed by atoms with Crippen LogP contribution in [-0.2, 0) is 0 Å². The van der Waals surface area contributed by atoms with Gasteiger partial charge in [0.15, 0.2) is 0 Å². The van der Waals surface area contributed by atoms with Crippen LogP contribution in [0.25, 0.3) is 11.3 Å². The first-order chi connectivity index (χ1) is 6.75. The third kappa shape index (κ3) is 1.88. The van der Waals surface area contributed by atoms with E-state index in [2.05, 4.69) is 9.97 Å². The first-order valence-corrected chi connectivity index (χ1v) is 4.37. The van der Waals surface area contributed by atoms with Crippen LogP contribution in [0.2, 0.25) is 5.15 Å². The number of aromatic nitrogens is 2. The van der Waals surface area contributed by atoms with Gasteiger partial charge < -0.3 is 0 Å². The van der Waals surface area contributed by atoms with E-state index in [4.69, 9.17) is 11.6 Å². The van der Waals surface area contributed by atoms with Crippen molar-refractivity contribution in [3.8, 4) is 11.3 Å². The number of nitrogens with zero attached hydrogens (tertiary/aromatic N) is 2. The van der Waals surface area contributed by atoms with E-state index in [1.54, 1.807) is 24.4 Å². The van der Waals surface area contributed by atoms with Gasteiger partial charge in [-0.25, -0.2) is 9.37 Å². The zero-order valence-corrected chi connectivity index (χ0v) is 7.87. The van der Waals surface area contributed by atoms with Crippen LogP contribution >= 0.6 is 11.6 Å². The molecule has 0 atom stereocenters. The molecule has 0 aliphatic heterocycles. The van der Waals surface area contributed by atoms with Gasteiger partial charge in [-0.05, 0) is 18.2 Å². The van der Waals surface area contributed by atoms with Crippen molar-refractivity contribution < 1.29 is 4.39 Å². The van der Waals surface area contributed by atoms with Gasteiger partial charge in [-0.1, -0.05) is 17.7 Å². The maximum absolute atomic E-state index is 12.8. The second-order valence-corrected chi connectivity index (χ2v) is 3.12. The quantitative estimate of drug-likeness (QED) is 0.674. The van der Waals surface area contributed by atoms with Crippen molar-refractivity contribution in [2.24, 2.45) is 0 Å². The minimum Gasteiger partial charge on any atom is -0.261 e. The predicted octanol–water partition coefficient (Wildman–Crippen LogP) is 2.94. The highest BCUT2D eigenvalue weighted by molar-refractivity contribution is 6.29. The number of hydrogen-bond acceptors (Lipinski definition) is 2. The lowest BCUT2D eigenvalue weighted by molar-refractivity contribution is 0.622. The van der Waals surface area contributed by atoms with Crippen LogP contribution in [0.15, 0.2) is 36.7 Å². The van der Waals surface area contributed by atoms with Gasteiger partial charge in [0, 0.05) is 11.8 Å². The average molecular weight is 209 g/mol. The molecule has 0 unspecified atom stereocenters. The molecule has 0 N–H and O–H groups in total. The Balaban J connectivity index is 2.49. The third-order valence-electron chi connectivity index (χ3n) is 1.72. The van der Waals surface area contributed by atoms with Crippen molar-refractivity contribution in [1.29, 1.82) is 0 Å². The van der Waals surface area contributed by atoms with Crippen LogP contribution < -0.4 is 0 Å². The summed E-state index contributed by atoms with van der Waals surface area (Å²) in [5.74, 6) is -0.385. The summed E-state index contributed by atoms with van der Waals surface area (Å²) < 4.78 is 12.8. The SMILES string of the molecule is Fc1cncc(-c2cccc(Cl)n2)c1. The highest BCUT2D eigenvalue weighted by Gasteiger charge is 2.01. The summed E-state index contributed by atoms with van der Waals surface area (Å²) in [6.45, 7) is 0. The average Bonchev–Trinajstić information content (AvgIpc) is 2.18. The molecule has 0 spiro atoms. The summed E-state index contributed by atoms with van der Waals surface area (Å²) in [6.07, 6.45) is 2.69. The standard InChI is InChI=1S/C10H6ClFN2/c11-10-3-1-2-9(14-10)7-4-8(12)6-13-5-7/h1-6H. The summed E-state index contributed by atoms with van der Waals surface area (Å²) in [5, 5.41) is 0.381. The van der Waals surface area contributed by atoms with Gasteiger partial charge in [0.25, 0.3) is 0 Å². The number of hydrogen-bond donors (Lipinski definition) is 0. The van der Waals surface area contributed by atoms with Gasteiger partial charge >= 0.3 is 0 Å². The fourth-order valence-electron chi connectivity index (χ4n) is 1.12. The molecule has 2 aromatic heterocycles. The van der Waals surface area contributed by atoms with E-state index in [1.165, 1.54) is 6.07 Å². The largest absolute Gasteiger partial charge is 0.261 e. The molecule has 0 aliphatic rings. The van der Waals surface area contributed by atoms with Crippen molar-refractivity contribution in [3.63, 3.8) is 0 Å². The molecule has 2 rings (SSSR count). The van der Waals surface area contributed by atoms with Crippen LogP contribution in [0, 0.1) is 5.82 Å². The van der Waals surface area contributed by atoms with Crippen molar-refractivity contribution in [3.05, 3.63) is 47.6 Å². The van der Waals surface area contributed by atoms with Crippen molar-refractivity contribution >= 4 is 11.6 Å². The van der Waals surface area contributed by atoms with E-state index in [9.17, 15) is 4.39 Å². The molecular formula is C10H6ClFN2. The Morgan fingerprint density at radius 3 is 2.79 bits per heavy atom. The Hall–Kier alpha value is -1.48. The normalized spacial score (nSPS) is 10.1. The number of pyridine rings is 2. The third-order valence-corrected chi connectivity index (χ3v) is 1.93. The molecule has 0 fully saturated rings. The Labute approximate surface area is 85.4 Å². The van der Waals surface area contributed by atoms with E-state index in [-0.39, 0.29) is 5.82 Å². The first kappa shape index (κ1) is 9.09. The fraction of sp³-hybridized carbons (Fsp3) is 0. The molecule has 0 aliphatic carbocycles. The fourth-order valence-corrected chi connectivity index (χ4v) is 1.28. The topological polar surface area (TPSA) is 25.8 Å². The summed E-state index contributed by atoms with van der Waals surface area (Å²) in [6, 6.07) is 6.54. The molecule has 0 bridgehead atoms. The van der Waals surface area contributed by atoms with E-state index in [0.29, 0.717) is 16.4 Å². The second-order valence-electron chi connectivity index (χ2n) is 2.74. The molecule has 2 heterocycles. The highest BCUT2D eigenvalue weighted by atomic mass is 35.5. The first-order valence-electron chi connectivity index (χ1n) is 3.99. The van der Waals surface area contributed by atoms with Crippen LogP contribution in [0.1, 0.15) is 0 Å². The molecule has 2 nitrogen and oxygen atoms in total. The van der Waals surface area contributed by atoms with Gasteiger partial charge in [-0.3, -0.25) is 4.98 Å². The molecule has 0 radical (unpaired) electrons. The predicted molar refractivity (Wildman–Crippen MR) is 52.4 cm³/mol. The van der Waals surface area contributed by atoms with Gasteiger partial charge in [0.1, 0.15) is 11.0 Å². The van der Waals surface area contributed by atoms with Gasteiger partial charge in [-0.2, -0.15) is 0 Å². The van der Waals surface area contributed by atoms with Gasteiger partial charge in [0.2, 0.25) is 0 Å². The maximum atomic E-state index is 12.8. The Morgan fingerprint density at radius 2 is 2.07 bits per heavy atom. The lowest BCUT2D eigenvalue weighted by Crippen LogP contribution is -1.86. The zero-order valence-electron chi connectivity index (χ0n) is 7.11. The lowest BCUT2D eigenvalue weighted by atomic mass is 10.2. The summed E-state index contributed by atoms with van der Waals surface area (Å²) in [5.41, 5.74) is 1.23. The lowest BCUT2D eigenvalue weighted by Gasteiger charge is -1.99. The van der Waals surface area contributed by atoms with Crippen LogP contribution in [0.5, 0.6) is 0 Å². The van der Waals surface area contributed by atoms with E-state index in [1.807, 2.05) is 0 Å². The van der Waals surface area contributed by atoms with E-state index in [0.717, 1.165) is 6.20 Å². The molecule has 14 heavy (non-hydrogen) atoms. The Morgan fingerprint density at radius 1 is 1.21 bits per heavy atom. The highest BCUT2D eigenvalue weighted by Crippen LogP contribution is 2.18. The minimum absolute atomic E-state index is 0.381. The molecule has 2 aromatic rings. The van der Waals surface area contributed by atoms with Crippen LogP contribution in [0.3, 0.4) is 0 Å². The molecule has 4 heteroatoms. The Bertz CT molecular complexity index is 416. The Kier molecular flexibility index (Phi) is 2.41. The van der Waals surface area contributed by atoms with Crippen LogP contribution in [-0.4, -0.2) is 9.97 Å². The zero-order chi connectivity index (χ0) is 9.97.